The summed E-state index contributed by atoms with van der Waals surface area (Å²) in [4.78, 5) is 4.92. The monoisotopic (exact) mass is 400 g/mol. The van der Waals surface area contributed by atoms with E-state index in [1.165, 1.54) is 5.56 Å². The van der Waals surface area contributed by atoms with E-state index in [4.69, 9.17) is 14.5 Å². The second-order valence-electron chi connectivity index (χ2n) is 7.45. The molecule has 0 aliphatic heterocycles. The van der Waals surface area contributed by atoms with Crippen molar-refractivity contribution in [2.24, 2.45) is 0 Å². The number of fused-ring (bicyclic) bond motifs is 1. The van der Waals surface area contributed by atoms with Crippen molar-refractivity contribution in [1.82, 2.24) is 9.55 Å². The summed E-state index contributed by atoms with van der Waals surface area (Å²) in [6, 6.07) is 26.4. The highest BCUT2D eigenvalue weighted by molar-refractivity contribution is 5.76. The zero-order chi connectivity index (χ0) is 20.8. The highest BCUT2D eigenvalue weighted by atomic mass is 16.5. The molecule has 4 heteroatoms. The van der Waals surface area contributed by atoms with Gasteiger partial charge >= 0.3 is 0 Å². The summed E-state index contributed by atoms with van der Waals surface area (Å²) in [6.45, 7) is 5.70. The molecule has 1 atom stereocenters. The lowest BCUT2D eigenvalue weighted by Crippen LogP contribution is -2.15. The van der Waals surface area contributed by atoms with E-state index in [-0.39, 0.29) is 6.10 Å². The highest BCUT2D eigenvalue weighted by Gasteiger charge is 2.20. The van der Waals surface area contributed by atoms with Gasteiger partial charge in [-0.2, -0.15) is 0 Å². The van der Waals surface area contributed by atoms with E-state index in [9.17, 15) is 0 Å². The van der Waals surface area contributed by atoms with E-state index in [1.54, 1.807) is 0 Å². The van der Waals surface area contributed by atoms with Crippen molar-refractivity contribution < 1.29 is 9.47 Å². The summed E-state index contributed by atoms with van der Waals surface area (Å²) in [6.07, 6.45) is 1.64. The van der Waals surface area contributed by atoms with Crippen LogP contribution in [0.3, 0.4) is 0 Å². The Morgan fingerprint density at radius 3 is 2.37 bits per heavy atom. The van der Waals surface area contributed by atoms with Crippen LogP contribution in [0.1, 0.15) is 37.3 Å². The maximum Gasteiger partial charge on any atom is 0.156 e. The van der Waals surface area contributed by atoms with Crippen LogP contribution < -0.4 is 9.47 Å². The van der Waals surface area contributed by atoms with Crippen molar-refractivity contribution in [1.29, 1.82) is 0 Å². The molecule has 0 N–H and O–H groups in total. The predicted octanol–water partition coefficient (Wildman–Crippen LogP) is 6.34. The minimum absolute atomic E-state index is 0.0992. The second-order valence-corrected chi connectivity index (χ2v) is 7.45. The number of rotatable bonds is 9. The molecule has 30 heavy (non-hydrogen) atoms. The fourth-order valence-electron chi connectivity index (χ4n) is 3.60. The zero-order valence-electron chi connectivity index (χ0n) is 17.6. The molecule has 0 fully saturated rings. The number of hydrogen-bond donors (Lipinski definition) is 0. The van der Waals surface area contributed by atoms with Gasteiger partial charge in [0.2, 0.25) is 0 Å². The van der Waals surface area contributed by atoms with E-state index in [0.29, 0.717) is 6.61 Å². The topological polar surface area (TPSA) is 36.3 Å². The number of aromatic nitrogens is 2. The maximum atomic E-state index is 6.29. The van der Waals surface area contributed by atoms with Crippen LogP contribution >= 0.6 is 0 Å². The Kier molecular flexibility index (Phi) is 6.33. The quantitative estimate of drug-likeness (QED) is 0.307. The fraction of sp³-hybridized carbons (Fsp3) is 0.269. The second kappa shape index (κ2) is 9.49. The average Bonchev–Trinajstić information content (AvgIpc) is 3.15. The van der Waals surface area contributed by atoms with Gasteiger partial charge < -0.3 is 14.0 Å². The van der Waals surface area contributed by atoms with Crippen LogP contribution in [0.4, 0.5) is 0 Å². The van der Waals surface area contributed by atoms with Crippen molar-refractivity contribution in [2.45, 2.75) is 39.3 Å². The summed E-state index contributed by atoms with van der Waals surface area (Å²) in [5.41, 5.74) is 3.38. The van der Waals surface area contributed by atoms with Crippen LogP contribution in [0.25, 0.3) is 11.0 Å². The van der Waals surface area contributed by atoms with E-state index < -0.39 is 0 Å². The molecule has 0 amide bonds. The van der Waals surface area contributed by atoms with E-state index in [1.807, 2.05) is 48.5 Å². The molecule has 1 unspecified atom stereocenters. The Morgan fingerprint density at radius 2 is 1.60 bits per heavy atom. The van der Waals surface area contributed by atoms with Crippen molar-refractivity contribution in [3.05, 3.63) is 90.3 Å². The molecule has 0 aliphatic rings. The molecule has 154 valence electrons. The molecule has 3 aromatic carbocycles. The van der Waals surface area contributed by atoms with Crippen molar-refractivity contribution in [3.63, 3.8) is 0 Å². The Labute approximate surface area is 178 Å². The molecule has 4 nitrogen and oxygen atoms in total. The number of aryl methyl sites for hydroxylation is 2. The number of nitrogens with zero attached hydrogens (tertiary/aromatic N) is 2. The fourth-order valence-corrected chi connectivity index (χ4v) is 3.60. The van der Waals surface area contributed by atoms with Gasteiger partial charge in [0.05, 0.1) is 17.6 Å². The van der Waals surface area contributed by atoms with Crippen LogP contribution in [0, 0.1) is 6.92 Å². The largest absolute Gasteiger partial charge is 0.494 e. The van der Waals surface area contributed by atoms with Gasteiger partial charge in [0.15, 0.2) is 11.9 Å². The van der Waals surface area contributed by atoms with Crippen LogP contribution in [-0.4, -0.2) is 16.2 Å². The maximum absolute atomic E-state index is 6.29. The molecule has 0 saturated carbocycles. The Bertz CT molecular complexity index is 1070. The number of imidazole rings is 1. The first kappa shape index (κ1) is 20.0. The van der Waals surface area contributed by atoms with Crippen LogP contribution in [0.15, 0.2) is 78.9 Å². The van der Waals surface area contributed by atoms with Crippen LogP contribution in [0.2, 0.25) is 0 Å². The van der Waals surface area contributed by atoms with Gasteiger partial charge in [-0.15, -0.1) is 0 Å². The molecule has 0 saturated heterocycles. The zero-order valence-corrected chi connectivity index (χ0v) is 17.6. The van der Waals surface area contributed by atoms with Gasteiger partial charge in [-0.05, 0) is 56.2 Å². The van der Waals surface area contributed by atoms with E-state index in [2.05, 4.69) is 48.7 Å². The first-order valence-corrected chi connectivity index (χ1v) is 10.6. The smallest absolute Gasteiger partial charge is 0.156 e. The van der Waals surface area contributed by atoms with Crippen LogP contribution in [-0.2, 0) is 6.54 Å². The van der Waals surface area contributed by atoms with E-state index >= 15 is 0 Å². The first-order valence-electron chi connectivity index (χ1n) is 10.6. The van der Waals surface area contributed by atoms with Gasteiger partial charge in [0.25, 0.3) is 0 Å². The minimum Gasteiger partial charge on any atom is -0.494 e. The number of ether oxygens (including phenoxy) is 2. The van der Waals surface area contributed by atoms with Gasteiger partial charge in [-0.1, -0.05) is 55.0 Å². The standard InChI is InChI=1S/C26H28N2O2/c1-3-25(30-22-10-5-4-6-11-22)26-27-23-12-7-8-13-24(23)28(26)18-9-19-29-21-16-14-20(2)15-17-21/h4-8,10-17,25H,3,9,18-19H2,1-2H3. The Balaban J connectivity index is 1.51. The van der Waals surface area contributed by atoms with Gasteiger partial charge in [0.1, 0.15) is 11.5 Å². The predicted molar refractivity (Wildman–Crippen MR) is 121 cm³/mol. The number of para-hydroxylation sites is 3. The molecule has 0 bridgehead atoms. The molecule has 0 aliphatic carbocycles. The van der Waals surface area contributed by atoms with Gasteiger partial charge in [-0.3, -0.25) is 0 Å². The SMILES string of the molecule is CCC(Oc1ccccc1)c1nc2ccccc2n1CCCOc1ccc(C)cc1. The Morgan fingerprint density at radius 1 is 0.867 bits per heavy atom. The summed E-state index contributed by atoms with van der Waals surface area (Å²) in [5, 5.41) is 0. The first-order chi connectivity index (χ1) is 14.7. The lowest BCUT2D eigenvalue weighted by atomic mass is 10.2. The lowest BCUT2D eigenvalue weighted by Gasteiger charge is -2.19. The number of benzene rings is 3. The molecular formula is C26H28N2O2. The average molecular weight is 401 g/mol. The molecular weight excluding hydrogens is 372 g/mol. The van der Waals surface area contributed by atoms with Crippen molar-refractivity contribution >= 4 is 11.0 Å². The van der Waals surface area contributed by atoms with Crippen LogP contribution in [0.5, 0.6) is 11.5 Å². The molecule has 0 radical (unpaired) electrons. The third-order valence-corrected chi connectivity index (χ3v) is 5.18. The van der Waals surface area contributed by atoms with Crippen molar-refractivity contribution in [3.8, 4) is 11.5 Å². The van der Waals surface area contributed by atoms with Gasteiger partial charge in [-0.25, -0.2) is 4.98 Å². The third kappa shape index (κ3) is 4.65. The number of hydrogen-bond acceptors (Lipinski definition) is 3. The summed E-state index contributed by atoms with van der Waals surface area (Å²) in [7, 11) is 0. The summed E-state index contributed by atoms with van der Waals surface area (Å²) < 4.78 is 14.5. The summed E-state index contributed by atoms with van der Waals surface area (Å²) >= 11 is 0. The molecule has 1 heterocycles. The normalized spacial score (nSPS) is 12.1. The Hall–Kier alpha value is -3.27. The summed E-state index contributed by atoms with van der Waals surface area (Å²) in [5.74, 6) is 2.75. The third-order valence-electron chi connectivity index (χ3n) is 5.18. The molecule has 4 rings (SSSR count). The minimum atomic E-state index is -0.0992. The van der Waals surface area contributed by atoms with Gasteiger partial charge in [0, 0.05) is 6.54 Å². The van der Waals surface area contributed by atoms with E-state index in [0.717, 1.165) is 47.7 Å². The van der Waals surface area contributed by atoms with Crippen molar-refractivity contribution in [2.75, 3.05) is 6.61 Å². The lowest BCUT2D eigenvalue weighted by molar-refractivity contribution is 0.185. The highest BCUT2D eigenvalue weighted by Crippen LogP contribution is 2.28. The molecule has 0 spiro atoms. The molecule has 1 aromatic heterocycles. The molecule has 4 aromatic rings.